The van der Waals surface area contributed by atoms with Crippen molar-refractivity contribution in [1.29, 1.82) is 0 Å². The molecule has 4 nitrogen and oxygen atoms in total. The van der Waals surface area contributed by atoms with Crippen LogP contribution in [0.2, 0.25) is 0 Å². The molecule has 25 heavy (non-hydrogen) atoms. The highest BCUT2D eigenvalue weighted by Crippen LogP contribution is 2.37. The van der Waals surface area contributed by atoms with E-state index in [4.69, 9.17) is 4.74 Å². The number of methoxy groups -OCH3 is 1. The fourth-order valence-electron chi connectivity index (χ4n) is 2.52. The molecule has 0 amide bonds. The number of aryl methyl sites for hydroxylation is 2. The lowest BCUT2D eigenvalue weighted by molar-refractivity contribution is -0.142. The van der Waals surface area contributed by atoms with Crippen molar-refractivity contribution in [2.45, 2.75) is 20.0 Å². The van der Waals surface area contributed by atoms with E-state index in [0.717, 1.165) is 15.8 Å². The van der Waals surface area contributed by atoms with Gasteiger partial charge in [0, 0.05) is 5.56 Å². The number of nitrogens with zero attached hydrogens (tertiary/aromatic N) is 3. The fraction of sp³-hybridized carbons (Fsp3) is 0.222. The van der Waals surface area contributed by atoms with Gasteiger partial charge in [0.05, 0.1) is 12.8 Å². The summed E-state index contributed by atoms with van der Waals surface area (Å²) in [6, 6.07) is 11.3. The summed E-state index contributed by atoms with van der Waals surface area (Å²) in [7, 11) is 1.49. The summed E-state index contributed by atoms with van der Waals surface area (Å²) in [6.07, 6.45) is -4.60. The topological polar surface area (TPSA) is 39.9 Å². The van der Waals surface area contributed by atoms with E-state index in [9.17, 15) is 13.2 Å². The molecule has 0 N–H and O–H groups in total. The molecular weight excluding hydrogens is 331 g/mol. The van der Waals surface area contributed by atoms with E-state index in [0.29, 0.717) is 17.0 Å². The summed E-state index contributed by atoms with van der Waals surface area (Å²) in [5.74, 6) is 0.554. The fourth-order valence-corrected chi connectivity index (χ4v) is 2.52. The normalized spacial score (nSPS) is 11.6. The highest BCUT2D eigenvalue weighted by molar-refractivity contribution is 5.64. The van der Waals surface area contributed by atoms with Gasteiger partial charge in [-0.05, 0) is 61.4 Å². The van der Waals surface area contributed by atoms with Gasteiger partial charge in [-0.3, -0.25) is 0 Å². The summed E-state index contributed by atoms with van der Waals surface area (Å²) >= 11 is 0. The molecule has 1 aromatic heterocycles. The first-order chi connectivity index (χ1) is 11.8. The van der Waals surface area contributed by atoms with Crippen LogP contribution in [0, 0.1) is 13.8 Å². The summed E-state index contributed by atoms with van der Waals surface area (Å²) in [5.41, 5.74) is 1.40. The van der Waals surface area contributed by atoms with Crippen molar-refractivity contribution in [3.05, 3.63) is 59.3 Å². The Hall–Kier alpha value is -2.83. The molecule has 0 aliphatic heterocycles. The first kappa shape index (κ1) is 17.0. The minimum absolute atomic E-state index is 0.214. The van der Waals surface area contributed by atoms with Crippen LogP contribution in [0.1, 0.15) is 16.8 Å². The second-order valence-corrected chi connectivity index (χ2v) is 5.69. The molecule has 0 bridgehead atoms. The number of alkyl halides is 3. The van der Waals surface area contributed by atoms with Gasteiger partial charge < -0.3 is 4.74 Å². The van der Waals surface area contributed by atoms with Gasteiger partial charge in [0.15, 0.2) is 5.69 Å². The molecule has 0 spiro atoms. The zero-order valence-corrected chi connectivity index (χ0v) is 13.9. The number of aromatic nitrogens is 3. The van der Waals surface area contributed by atoms with Gasteiger partial charge in [-0.15, -0.1) is 5.10 Å². The number of rotatable bonds is 3. The maximum absolute atomic E-state index is 13.7. The van der Waals surface area contributed by atoms with E-state index >= 15 is 0 Å². The lowest BCUT2D eigenvalue weighted by atomic mass is 10.1. The summed E-state index contributed by atoms with van der Waals surface area (Å²) in [4.78, 5) is 0. The summed E-state index contributed by atoms with van der Waals surface area (Å²) in [5, 5.41) is 7.55. The van der Waals surface area contributed by atoms with Crippen LogP contribution in [0.4, 0.5) is 13.2 Å². The van der Waals surface area contributed by atoms with Gasteiger partial charge in [0.25, 0.3) is 0 Å². The van der Waals surface area contributed by atoms with E-state index in [2.05, 4.69) is 10.3 Å². The Morgan fingerprint density at radius 3 is 2.20 bits per heavy atom. The number of hydrogen-bond donors (Lipinski definition) is 0. The van der Waals surface area contributed by atoms with Gasteiger partial charge in [0.2, 0.25) is 0 Å². The standard InChI is InChI=1S/C18H16F3N3O/c1-11-4-7-14(10-12(11)2)24-17(18(19,20)21)16(22-23-24)13-5-8-15(25-3)9-6-13/h4-10H,1-3H3. The number of benzene rings is 2. The largest absolute Gasteiger partial charge is 0.497 e. The molecular formula is C18H16F3N3O. The average Bonchev–Trinajstić information content (AvgIpc) is 3.03. The Kier molecular flexibility index (Phi) is 4.24. The van der Waals surface area contributed by atoms with Gasteiger partial charge in [-0.1, -0.05) is 11.3 Å². The smallest absolute Gasteiger partial charge is 0.435 e. The maximum atomic E-state index is 13.7. The summed E-state index contributed by atoms with van der Waals surface area (Å²) < 4.78 is 47.0. The average molecular weight is 347 g/mol. The molecule has 3 rings (SSSR count). The van der Waals surface area contributed by atoms with Gasteiger partial charge in [-0.25, -0.2) is 4.68 Å². The first-order valence-corrected chi connectivity index (χ1v) is 7.56. The van der Waals surface area contributed by atoms with Gasteiger partial charge in [0.1, 0.15) is 11.4 Å². The minimum Gasteiger partial charge on any atom is -0.497 e. The first-order valence-electron chi connectivity index (χ1n) is 7.56. The Bertz CT molecular complexity index is 899. The van der Waals surface area contributed by atoms with E-state index in [1.807, 2.05) is 13.8 Å². The number of hydrogen-bond acceptors (Lipinski definition) is 3. The highest BCUT2D eigenvalue weighted by atomic mass is 19.4. The third-order valence-corrected chi connectivity index (χ3v) is 4.04. The maximum Gasteiger partial charge on any atom is 0.435 e. The second-order valence-electron chi connectivity index (χ2n) is 5.69. The van der Waals surface area contributed by atoms with Crippen molar-refractivity contribution in [1.82, 2.24) is 15.0 Å². The van der Waals surface area contributed by atoms with E-state index in [1.54, 1.807) is 30.3 Å². The monoisotopic (exact) mass is 347 g/mol. The van der Waals surface area contributed by atoms with Crippen molar-refractivity contribution < 1.29 is 17.9 Å². The Morgan fingerprint density at radius 2 is 1.64 bits per heavy atom. The predicted octanol–water partition coefficient (Wildman–Crippen LogP) is 4.58. The van der Waals surface area contributed by atoms with Crippen LogP contribution in [0.5, 0.6) is 5.75 Å². The predicted molar refractivity (Wildman–Crippen MR) is 87.8 cm³/mol. The molecule has 0 radical (unpaired) electrons. The molecule has 2 aromatic carbocycles. The molecule has 130 valence electrons. The molecule has 0 atom stereocenters. The van der Waals surface area contributed by atoms with Crippen molar-refractivity contribution >= 4 is 0 Å². The summed E-state index contributed by atoms with van der Waals surface area (Å²) in [6.45, 7) is 3.74. The van der Waals surface area contributed by atoms with Crippen molar-refractivity contribution in [2.24, 2.45) is 0 Å². The van der Waals surface area contributed by atoms with Gasteiger partial charge in [-0.2, -0.15) is 13.2 Å². The molecule has 1 heterocycles. The molecule has 3 aromatic rings. The quantitative estimate of drug-likeness (QED) is 0.696. The van der Waals surface area contributed by atoms with Gasteiger partial charge >= 0.3 is 6.18 Å². The van der Waals surface area contributed by atoms with Crippen LogP contribution in [-0.4, -0.2) is 22.1 Å². The molecule has 0 aliphatic rings. The number of halogens is 3. The lowest BCUT2D eigenvalue weighted by Gasteiger charge is -2.12. The third kappa shape index (κ3) is 3.22. The Labute approximate surface area is 142 Å². The second kappa shape index (κ2) is 6.23. The molecule has 7 heteroatoms. The van der Waals surface area contributed by atoms with E-state index in [1.165, 1.54) is 19.2 Å². The van der Waals surface area contributed by atoms with E-state index < -0.39 is 11.9 Å². The van der Waals surface area contributed by atoms with Crippen LogP contribution in [0.3, 0.4) is 0 Å². The molecule has 0 fully saturated rings. The third-order valence-electron chi connectivity index (χ3n) is 4.04. The minimum atomic E-state index is -4.60. The highest BCUT2D eigenvalue weighted by Gasteiger charge is 2.40. The van der Waals surface area contributed by atoms with Crippen LogP contribution in [0.25, 0.3) is 16.9 Å². The number of ether oxygens (including phenoxy) is 1. The molecule has 0 saturated heterocycles. The zero-order chi connectivity index (χ0) is 18.2. The Morgan fingerprint density at radius 1 is 0.960 bits per heavy atom. The molecule has 0 aliphatic carbocycles. The van der Waals surface area contributed by atoms with Crippen LogP contribution < -0.4 is 4.74 Å². The van der Waals surface area contributed by atoms with E-state index in [-0.39, 0.29) is 5.69 Å². The molecule has 0 unspecified atom stereocenters. The Balaban J connectivity index is 2.17. The molecule has 0 saturated carbocycles. The van der Waals surface area contributed by atoms with Crippen LogP contribution in [-0.2, 0) is 6.18 Å². The zero-order valence-electron chi connectivity index (χ0n) is 13.9. The SMILES string of the molecule is COc1ccc(-c2nnn(-c3ccc(C)c(C)c3)c2C(F)(F)F)cc1. The van der Waals surface area contributed by atoms with Crippen LogP contribution in [0.15, 0.2) is 42.5 Å². The van der Waals surface area contributed by atoms with Crippen molar-refractivity contribution in [2.75, 3.05) is 7.11 Å². The van der Waals surface area contributed by atoms with Crippen LogP contribution >= 0.6 is 0 Å². The van der Waals surface area contributed by atoms with Crippen molar-refractivity contribution in [3.63, 3.8) is 0 Å². The lowest BCUT2D eigenvalue weighted by Crippen LogP contribution is -2.14. The van der Waals surface area contributed by atoms with Crippen molar-refractivity contribution in [3.8, 4) is 22.7 Å².